The minimum atomic E-state index is -1.65. The van der Waals surface area contributed by atoms with Gasteiger partial charge in [-0.3, -0.25) is 0 Å². The van der Waals surface area contributed by atoms with Gasteiger partial charge in [-0.1, -0.05) is 20.8 Å². The number of nitrogens with two attached hydrogens (primary N) is 1. The van der Waals surface area contributed by atoms with Gasteiger partial charge in [0.05, 0.1) is 5.69 Å². The van der Waals surface area contributed by atoms with Crippen molar-refractivity contribution in [3.05, 3.63) is 24.2 Å². The SMILES string of the molecule is CC(C)(C)OC(=O)N[C@@H](C(=O)OC[C@H]1O[C@@](C#N)(c2ccc3c(N)ncnn23)[C@@H]2OC(C)(C)O[C@@H]21)C(C)(C)C. The second kappa shape index (κ2) is 9.62. The maximum atomic E-state index is 13.2. The number of nitrogens with zero attached hydrogens (tertiary/aromatic N) is 4. The van der Waals surface area contributed by atoms with Gasteiger partial charge in [0.15, 0.2) is 11.6 Å². The van der Waals surface area contributed by atoms with Crippen molar-refractivity contribution in [1.82, 2.24) is 19.9 Å². The molecule has 13 nitrogen and oxygen atoms in total. The van der Waals surface area contributed by atoms with Gasteiger partial charge >= 0.3 is 12.1 Å². The van der Waals surface area contributed by atoms with E-state index in [9.17, 15) is 14.9 Å². The van der Waals surface area contributed by atoms with E-state index in [1.54, 1.807) is 67.5 Å². The molecule has 0 saturated carbocycles. The van der Waals surface area contributed by atoms with Crippen LogP contribution in [0.15, 0.2) is 18.5 Å². The van der Waals surface area contributed by atoms with Crippen molar-refractivity contribution >= 4 is 23.4 Å². The lowest BCUT2D eigenvalue weighted by Crippen LogP contribution is -2.51. The Labute approximate surface area is 226 Å². The van der Waals surface area contributed by atoms with Gasteiger partial charge in [0.25, 0.3) is 0 Å². The smallest absolute Gasteiger partial charge is 0.408 e. The van der Waals surface area contributed by atoms with E-state index in [1.807, 2.05) is 0 Å². The Kier molecular flexibility index (Phi) is 7.04. The second-order valence-electron chi connectivity index (χ2n) is 12.3. The van der Waals surface area contributed by atoms with Crippen molar-refractivity contribution < 1.29 is 33.3 Å². The van der Waals surface area contributed by atoms with E-state index >= 15 is 0 Å². The molecule has 39 heavy (non-hydrogen) atoms. The highest BCUT2D eigenvalue weighted by atomic mass is 16.8. The summed E-state index contributed by atoms with van der Waals surface area (Å²) in [5.74, 6) is -1.48. The Bertz CT molecular complexity index is 1300. The van der Waals surface area contributed by atoms with Crippen molar-refractivity contribution in [3.63, 3.8) is 0 Å². The molecule has 2 aliphatic heterocycles. The van der Waals surface area contributed by atoms with Gasteiger partial charge in [-0.2, -0.15) is 10.4 Å². The van der Waals surface area contributed by atoms with Crippen LogP contribution in [0.5, 0.6) is 0 Å². The Balaban J connectivity index is 1.59. The lowest BCUT2D eigenvalue weighted by atomic mass is 9.87. The van der Waals surface area contributed by atoms with Crippen LogP contribution in [0.4, 0.5) is 10.6 Å². The topological polar surface area (TPSA) is 172 Å². The molecule has 0 spiro atoms. The number of alkyl carbamates (subject to hydrolysis) is 1. The predicted molar refractivity (Wildman–Crippen MR) is 137 cm³/mol. The summed E-state index contributed by atoms with van der Waals surface area (Å²) in [7, 11) is 0. The summed E-state index contributed by atoms with van der Waals surface area (Å²) < 4.78 is 31.0. The van der Waals surface area contributed by atoms with Gasteiger partial charge < -0.3 is 34.7 Å². The number of ether oxygens (including phenoxy) is 5. The fourth-order valence-corrected chi connectivity index (χ4v) is 4.77. The van der Waals surface area contributed by atoms with E-state index in [-0.39, 0.29) is 12.4 Å². The third kappa shape index (κ3) is 5.50. The highest BCUT2D eigenvalue weighted by Crippen LogP contribution is 2.49. The number of aromatic nitrogens is 3. The number of carbonyl (C=O) groups is 2. The van der Waals surface area contributed by atoms with Gasteiger partial charge in [-0.05, 0) is 52.2 Å². The normalized spacial score (nSPS) is 27.0. The molecule has 212 valence electrons. The Morgan fingerprint density at radius 2 is 1.90 bits per heavy atom. The Hall–Kier alpha value is -3.47. The molecule has 2 aromatic heterocycles. The number of nitrogens with one attached hydrogen (secondary N) is 1. The molecule has 0 aromatic carbocycles. The zero-order valence-corrected chi connectivity index (χ0v) is 23.5. The number of nitriles is 1. The first-order valence-corrected chi connectivity index (χ1v) is 12.7. The lowest BCUT2D eigenvalue weighted by Gasteiger charge is -2.31. The Morgan fingerprint density at radius 1 is 1.21 bits per heavy atom. The third-order valence-electron chi connectivity index (χ3n) is 6.41. The first-order valence-electron chi connectivity index (χ1n) is 12.7. The van der Waals surface area contributed by atoms with Gasteiger partial charge in [0, 0.05) is 0 Å². The van der Waals surface area contributed by atoms with Crippen molar-refractivity contribution in [2.45, 2.75) is 96.7 Å². The van der Waals surface area contributed by atoms with Crippen molar-refractivity contribution in [1.29, 1.82) is 5.26 Å². The molecule has 5 atom stereocenters. The molecular weight excluding hydrogens is 508 g/mol. The number of hydrogen-bond acceptors (Lipinski definition) is 11. The largest absolute Gasteiger partial charge is 0.461 e. The summed E-state index contributed by atoms with van der Waals surface area (Å²) in [5.41, 5.74) is 3.78. The summed E-state index contributed by atoms with van der Waals surface area (Å²) in [6.07, 6.45) is -1.94. The van der Waals surface area contributed by atoms with Crippen molar-refractivity contribution in [3.8, 4) is 6.07 Å². The highest BCUT2D eigenvalue weighted by molar-refractivity contribution is 5.82. The lowest BCUT2D eigenvalue weighted by molar-refractivity contribution is -0.207. The monoisotopic (exact) mass is 544 g/mol. The van der Waals surface area contributed by atoms with Crippen LogP contribution < -0.4 is 11.1 Å². The van der Waals surface area contributed by atoms with E-state index in [1.165, 1.54) is 10.8 Å². The summed E-state index contributed by atoms with van der Waals surface area (Å²) in [6.45, 7) is 13.8. The fourth-order valence-electron chi connectivity index (χ4n) is 4.77. The maximum absolute atomic E-state index is 13.2. The average Bonchev–Trinajstić information content (AvgIpc) is 3.45. The molecule has 4 heterocycles. The van der Waals surface area contributed by atoms with Crippen LogP contribution in [0.1, 0.15) is 61.1 Å². The van der Waals surface area contributed by atoms with Crippen LogP contribution >= 0.6 is 0 Å². The summed E-state index contributed by atoms with van der Waals surface area (Å²) in [5, 5.41) is 17.3. The van der Waals surface area contributed by atoms with E-state index < -0.39 is 58.8 Å². The molecular formula is C26H36N6O7. The third-order valence-corrected chi connectivity index (χ3v) is 6.41. The maximum Gasteiger partial charge on any atom is 0.408 e. The van der Waals surface area contributed by atoms with Crippen LogP contribution in [0.2, 0.25) is 0 Å². The van der Waals surface area contributed by atoms with Crippen LogP contribution in [-0.2, 0) is 34.1 Å². The van der Waals surface area contributed by atoms with Crippen LogP contribution in [0.3, 0.4) is 0 Å². The van der Waals surface area contributed by atoms with E-state index in [0.29, 0.717) is 11.2 Å². The van der Waals surface area contributed by atoms with E-state index in [4.69, 9.17) is 29.4 Å². The van der Waals surface area contributed by atoms with Gasteiger partial charge in [-0.15, -0.1) is 0 Å². The van der Waals surface area contributed by atoms with E-state index in [2.05, 4.69) is 21.5 Å². The predicted octanol–water partition coefficient (Wildman–Crippen LogP) is 2.43. The number of hydrogen-bond donors (Lipinski definition) is 2. The first kappa shape index (κ1) is 28.5. The molecule has 0 unspecified atom stereocenters. The summed E-state index contributed by atoms with van der Waals surface area (Å²) in [6, 6.07) is 4.59. The van der Waals surface area contributed by atoms with Gasteiger partial charge in [0.2, 0.25) is 5.60 Å². The molecule has 2 fully saturated rings. The molecule has 2 aromatic rings. The molecule has 0 radical (unpaired) electrons. The number of esters is 1. The molecule has 2 saturated heterocycles. The fraction of sp³-hybridized carbons (Fsp3) is 0.654. The first-order chi connectivity index (χ1) is 18.0. The number of fused-ring (bicyclic) bond motifs is 2. The van der Waals surface area contributed by atoms with Crippen LogP contribution in [-0.4, -0.2) is 69.0 Å². The number of nitrogen functional groups attached to an aromatic ring is 1. The summed E-state index contributed by atoms with van der Waals surface area (Å²) in [4.78, 5) is 29.6. The number of anilines is 1. The Morgan fingerprint density at radius 3 is 2.51 bits per heavy atom. The average molecular weight is 545 g/mol. The quantitative estimate of drug-likeness (QED) is 0.529. The molecule has 4 rings (SSSR count). The number of amides is 1. The number of rotatable bonds is 5. The van der Waals surface area contributed by atoms with Gasteiger partial charge in [-0.25, -0.2) is 19.1 Å². The van der Waals surface area contributed by atoms with Crippen molar-refractivity contribution in [2.75, 3.05) is 12.3 Å². The molecule has 0 bridgehead atoms. The van der Waals surface area contributed by atoms with Gasteiger partial charge in [0.1, 0.15) is 54.5 Å². The summed E-state index contributed by atoms with van der Waals surface area (Å²) >= 11 is 0. The number of carbonyl (C=O) groups excluding carboxylic acids is 2. The van der Waals surface area contributed by atoms with E-state index in [0.717, 1.165) is 0 Å². The van der Waals surface area contributed by atoms with Crippen LogP contribution in [0, 0.1) is 16.7 Å². The standard InChI is InChI=1S/C26H36N6O7/c1-23(2,3)18(31-22(34)39-24(4,5)6)21(33)35-11-15-17-19(38-25(7,8)37-17)26(12-27,36-15)16-10-9-14-20(28)29-13-30-32(14)16/h9-10,13,15,17-19H,11H2,1-8H3,(H,31,34)(H2,28,29,30)/t15-,17-,18+,19-,26+/m1/s1. The zero-order chi connectivity index (χ0) is 29.0. The van der Waals surface area contributed by atoms with Crippen LogP contribution in [0.25, 0.3) is 5.52 Å². The highest BCUT2D eigenvalue weighted by Gasteiger charge is 2.65. The molecule has 13 heteroatoms. The molecule has 3 N–H and O–H groups in total. The second-order valence-corrected chi connectivity index (χ2v) is 12.3. The zero-order valence-electron chi connectivity index (χ0n) is 23.5. The minimum absolute atomic E-state index is 0.235. The molecule has 2 aliphatic rings. The molecule has 0 aliphatic carbocycles. The minimum Gasteiger partial charge on any atom is -0.461 e. The van der Waals surface area contributed by atoms with Crippen molar-refractivity contribution in [2.24, 2.45) is 5.41 Å². The molecule has 1 amide bonds.